The van der Waals surface area contributed by atoms with Gasteiger partial charge in [0.25, 0.3) is 5.91 Å². The van der Waals surface area contributed by atoms with Crippen LogP contribution >= 0.6 is 11.8 Å². The number of sulfonamides is 1. The molecule has 11 heteroatoms. The van der Waals surface area contributed by atoms with Gasteiger partial charge < -0.3 is 15.4 Å². The summed E-state index contributed by atoms with van der Waals surface area (Å²) in [6.45, 7) is 1.40. The minimum Gasteiger partial charge on any atom is -0.452 e. The largest absolute Gasteiger partial charge is 0.452 e. The molecule has 9 nitrogen and oxygen atoms in total. The van der Waals surface area contributed by atoms with Gasteiger partial charge in [-0.05, 0) is 37.3 Å². The Balaban J connectivity index is 1.58. The minimum atomic E-state index is -3.66. The smallest absolute Gasteiger partial charge is 0.308 e. The molecule has 1 aliphatic rings. The van der Waals surface area contributed by atoms with E-state index in [0.717, 1.165) is 9.20 Å². The Hall–Kier alpha value is -2.89. The van der Waals surface area contributed by atoms with Crippen LogP contribution in [0.3, 0.4) is 0 Å². The zero-order chi connectivity index (χ0) is 23.5. The molecular weight excluding hydrogens is 454 g/mol. The molecule has 2 amide bonds. The highest BCUT2D eigenvalue weighted by Gasteiger charge is 2.30. The number of nitrogens with zero attached hydrogens (tertiary/aromatic N) is 1. The number of anilines is 2. The van der Waals surface area contributed by atoms with Crippen molar-refractivity contribution in [2.45, 2.75) is 34.5 Å². The highest BCUT2D eigenvalue weighted by atomic mass is 32.2. The van der Waals surface area contributed by atoms with Gasteiger partial charge in [-0.3, -0.25) is 14.4 Å². The summed E-state index contributed by atoms with van der Waals surface area (Å²) in [4.78, 5) is 37.9. The molecule has 1 heterocycles. The van der Waals surface area contributed by atoms with Crippen LogP contribution in [0, 0.1) is 0 Å². The van der Waals surface area contributed by atoms with Crippen LogP contribution in [0.15, 0.2) is 58.3 Å². The minimum absolute atomic E-state index is 0.0190. The van der Waals surface area contributed by atoms with E-state index in [-0.39, 0.29) is 22.9 Å². The normalized spacial score (nSPS) is 16.6. The van der Waals surface area contributed by atoms with Crippen molar-refractivity contribution in [3.05, 3.63) is 48.5 Å². The number of nitrogens with one attached hydrogen (secondary N) is 2. The number of carbonyl (C=O) groups is 3. The van der Waals surface area contributed by atoms with Gasteiger partial charge in [-0.1, -0.05) is 18.2 Å². The summed E-state index contributed by atoms with van der Waals surface area (Å²) in [5, 5.41) is 4.62. The molecule has 0 spiro atoms. The first kappa shape index (κ1) is 23.8. The van der Waals surface area contributed by atoms with Crippen molar-refractivity contribution in [1.82, 2.24) is 4.31 Å². The number of thioether (sulfide) groups is 1. The number of hydrogen-bond acceptors (Lipinski definition) is 7. The maximum Gasteiger partial charge on any atom is 0.308 e. The summed E-state index contributed by atoms with van der Waals surface area (Å²) >= 11 is 1.26. The Morgan fingerprint density at radius 3 is 2.62 bits per heavy atom. The number of carbonyl (C=O) groups excluding carboxylic acids is 3. The summed E-state index contributed by atoms with van der Waals surface area (Å²) in [6, 6.07) is 13.0. The molecule has 0 saturated carbocycles. The third kappa shape index (κ3) is 5.47. The molecule has 0 aliphatic carbocycles. The van der Waals surface area contributed by atoms with Crippen LogP contribution in [0.5, 0.6) is 0 Å². The molecular formula is C21H23N3O6S2. The Morgan fingerprint density at radius 2 is 1.91 bits per heavy atom. The predicted molar refractivity (Wildman–Crippen MR) is 121 cm³/mol. The van der Waals surface area contributed by atoms with E-state index in [9.17, 15) is 22.8 Å². The molecule has 2 atom stereocenters. The molecule has 0 saturated heterocycles. The molecule has 0 unspecified atom stereocenters. The summed E-state index contributed by atoms with van der Waals surface area (Å²) in [7, 11) is -0.844. The molecule has 3 rings (SSSR count). The number of amides is 2. The number of fused-ring (bicyclic) bond motifs is 1. The van der Waals surface area contributed by atoms with Crippen LogP contribution in [0.2, 0.25) is 0 Å². The standard InChI is InChI=1S/C21H23N3O6S2/c1-13(20(26)22-14-7-6-8-15(11-14)32(28,29)24(2)3)30-19(25)12-18-21(27)23-16-9-4-5-10-17(16)31-18/h4-11,13,18H,12H2,1-3H3,(H,22,26)(H,23,27)/t13-,18-/m0/s1. The van der Waals surface area contributed by atoms with E-state index in [1.165, 1.54) is 57.0 Å². The second-order valence-electron chi connectivity index (χ2n) is 7.23. The Kier molecular flexibility index (Phi) is 7.22. The van der Waals surface area contributed by atoms with Gasteiger partial charge in [0.2, 0.25) is 15.9 Å². The van der Waals surface area contributed by atoms with Crippen molar-refractivity contribution in [3.8, 4) is 0 Å². The quantitative estimate of drug-likeness (QED) is 0.587. The van der Waals surface area contributed by atoms with E-state index in [0.29, 0.717) is 5.69 Å². The van der Waals surface area contributed by atoms with E-state index in [1.807, 2.05) is 12.1 Å². The van der Waals surface area contributed by atoms with Gasteiger partial charge in [0.1, 0.15) is 0 Å². The lowest BCUT2D eigenvalue weighted by Crippen LogP contribution is -2.34. The number of ether oxygens (including phenoxy) is 1. The lowest BCUT2D eigenvalue weighted by molar-refractivity contribution is -0.153. The van der Waals surface area contributed by atoms with Crippen LogP contribution in [-0.2, 0) is 29.1 Å². The van der Waals surface area contributed by atoms with E-state index in [1.54, 1.807) is 12.1 Å². The topological polar surface area (TPSA) is 122 Å². The highest BCUT2D eigenvalue weighted by molar-refractivity contribution is 8.01. The number of benzene rings is 2. The van der Waals surface area contributed by atoms with Gasteiger partial charge in [0.15, 0.2) is 6.10 Å². The van der Waals surface area contributed by atoms with Gasteiger partial charge in [0, 0.05) is 24.7 Å². The van der Waals surface area contributed by atoms with Gasteiger partial charge in [-0.2, -0.15) is 0 Å². The monoisotopic (exact) mass is 477 g/mol. The van der Waals surface area contributed by atoms with Gasteiger partial charge in [-0.15, -0.1) is 11.8 Å². The molecule has 0 bridgehead atoms. The second-order valence-corrected chi connectivity index (χ2v) is 10.6. The fourth-order valence-electron chi connectivity index (χ4n) is 2.87. The summed E-state index contributed by atoms with van der Waals surface area (Å²) in [5.74, 6) is -1.62. The summed E-state index contributed by atoms with van der Waals surface area (Å²) in [6.07, 6.45) is -1.33. The number of esters is 1. The van der Waals surface area contributed by atoms with Crippen LogP contribution in [0.25, 0.3) is 0 Å². The molecule has 0 fully saturated rings. The lowest BCUT2D eigenvalue weighted by Gasteiger charge is -2.23. The number of rotatable bonds is 7. The molecule has 0 radical (unpaired) electrons. The Morgan fingerprint density at radius 1 is 1.19 bits per heavy atom. The van der Waals surface area contributed by atoms with Crippen LogP contribution in [0.4, 0.5) is 11.4 Å². The van der Waals surface area contributed by atoms with Gasteiger partial charge in [-0.25, -0.2) is 12.7 Å². The first-order valence-corrected chi connectivity index (χ1v) is 12.0. The SMILES string of the molecule is C[C@H](OC(=O)C[C@@H]1Sc2ccccc2NC1=O)C(=O)Nc1cccc(S(=O)(=O)N(C)C)c1. The maximum absolute atomic E-state index is 12.4. The predicted octanol–water partition coefficient (Wildman–Crippen LogP) is 2.31. The van der Waals surface area contributed by atoms with Crippen molar-refractivity contribution >= 4 is 50.9 Å². The van der Waals surface area contributed by atoms with E-state index < -0.39 is 33.3 Å². The molecule has 32 heavy (non-hydrogen) atoms. The van der Waals surface area contributed by atoms with Crippen molar-refractivity contribution < 1.29 is 27.5 Å². The third-order valence-electron chi connectivity index (χ3n) is 4.62. The van der Waals surface area contributed by atoms with Crippen LogP contribution in [0.1, 0.15) is 13.3 Å². The first-order chi connectivity index (χ1) is 15.1. The summed E-state index contributed by atoms with van der Waals surface area (Å²) < 4.78 is 30.8. The fourth-order valence-corrected chi connectivity index (χ4v) is 4.91. The molecule has 2 aromatic rings. The third-order valence-corrected chi connectivity index (χ3v) is 7.70. The molecule has 170 valence electrons. The van der Waals surface area contributed by atoms with Crippen molar-refractivity contribution in [2.75, 3.05) is 24.7 Å². The second kappa shape index (κ2) is 9.72. The molecule has 1 aliphatic heterocycles. The van der Waals surface area contributed by atoms with Gasteiger partial charge in [0.05, 0.1) is 22.3 Å². The highest BCUT2D eigenvalue weighted by Crippen LogP contribution is 2.36. The van der Waals surface area contributed by atoms with Crippen LogP contribution < -0.4 is 10.6 Å². The maximum atomic E-state index is 12.4. The average molecular weight is 478 g/mol. The van der Waals surface area contributed by atoms with E-state index in [4.69, 9.17) is 4.74 Å². The molecule has 2 N–H and O–H groups in total. The Labute approximate surface area is 190 Å². The Bertz CT molecular complexity index is 1150. The van der Waals surface area contributed by atoms with Crippen molar-refractivity contribution in [1.29, 1.82) is 0 Å². The average Bonchev–Trinajstić information content (AvgIpc) is 2.74. The fraction of sp³-hybridized carbons (Fsp3) is 0.286. The molecule has 2 aromatic carbocycles. The zero-order valence-electron chi connectivity index (χ0n) is 17.7. The van der Waals surface area contributed by atoms with Crippen LogP contribution in [-0.4, -0.2) is 56.0 Å². The van der Waals surface area contributed by atoms with E-state index >= 15 is 0 Å². The van der Waals surface area contributed by atoms with Crippen molar-refractivity contribution in [3.63, 3.8) is 0 Å². The van der Waals surface area contributed by atoms with E-state index in [2.05, 4.69) is 10.6 Å². The lowest BCUT2D eigenvalue weighted by atomic mass is 10.2. The van der Waals surface area contributed by atoms with Gasteiger partial charge >= 0.3 is 5.97 Å². The van der Waals surface area contributed by atoms with Crippen molar-refractivity contribution in [2.24, 2.45) is 0 Å². The zero-order valence-corrected chi connectivity index (χ0v) is 19.3. The number of hydrogen-bond donors (Lipinski definition) is 2. The summed E-state index contributed by atoms with van der Waals surface area (Å²) in [5.41, 5.74) is 0.943. The first-order valence-electron chi connectivity index (χ1n) is 9.67. The number of para-hydroxylation sites is 1. The molecule has 0 aromatic heterocycles.